The Bertz CT molecular complexity index is 667. The van der Waals surface area contributed by atoms with E-state index >= 15 is 0 Å². The maximum absolute atomic E-state index is 13.0. The fourth-order valence-corrected chi connectivity index (χ4v) is 2.36. The summed E-state index contributed by atoms with van der Waals surface area (Å²) in [5.74, 6) is -0.524. The number of carbonyl (C=O) groups is 1. The van der Waals surface area contributed by atoms with Gasteiger partial charge in [-0.05, 0) is 50.1 Å². The van der Waals surface area contributed by atoms with E-state index in [2.05, 4.69) is 10.3 Å². The van der Waals surface area contributed by atoms with Crippen molar-refractivity contribution in [2.75, 3.05) is 0 Å². The summed E-state index contributed by atoms with van der Waals surface area (Å²) >= 11 is 0. The number of halogens is 2. The van der Waals surface area contributed by atoms with Crippen molar-refractivity contribution < 1.29 is 13.6 Å². The predicted octanol–water partition coefficient (Wildman–Crippen LogP) is 3.78. The summed E-state index contributed by atoms with van der Waals surface area (Å²) in [6.07, 6.45) is 2.29. The van der Waals surface area contributed by atoms with Crippen molar-refractivity contribution in [2.24, 2.45) is 0 Å². The number of nitrogens with one attached hydrogen (secondary N) is 1. The molecule has 0 aliphatic rings. The molecule has 0 spiro atoms. The van der Waals surface area contributed by atoms with Crippen LogP contribution in [0.3, 0.4) is 0 Å². The van der Waals surface area contributed by atoms with Gasteiger partial charge in [-0.25, -0.2) is 0 Å². The SMILES string of the molecule is CCC(NC(=O)c1ccc(C)n1C(F)F)c1cc(C)ccn1. The number of alkyl halides is 2. The number of aryl methyl sites for hydroxylation is 2. The number of aromatic nitrogens is 2. The molecule has 0 aromatic carbocycles. The number of hydrogen-bond donors (Lipinski definition) is 1. The second kappa shape index (κ2) is 6.68. The number of nitrogens with zero attached hydrogens (tertiary/aromatic N) is 2. The van der Waals surface area contributed by atoms with E-state index in [9.17, 15) is 13.6 Å². The molecule has 0 bridgehead atoms. The lowest BCUT2D eigenvalue weighted by molar-refractivity contribution is 0.0613. The first kappa shape index (κ1) is 16.1. The highest BCUT2D eigenvalue weighted by Crippen LogP contribution is 2.21. The fraction of sp³-hybridized carbons (Fsp3) is 0.375. The lowest BCUT2D eigenvalue weighted by Gasteiger charge is -2.18. The van der Waals surface area contributed by atoms with Gasteiger partial charge < -0.3 is 5.32 Å². The van der Waals surface area contributed by atoms with Crippen molar-refractivity contribution in [3.63, 3.8) is 0 Å². The predicted molar refractivity (Wildman–Crippen MR) is 79.9 cm³/mol. The van der Waals surface area contributed by atoms with Gasteiger partial charge in [-0.2, -0.15) is 8.78 Å². The Morgan fingerprint density at radius 1 is 1.32 bits per heavy atom. The van der Waals surface area contributed by atoms with Crippen LogP contribution in [-0.4, -0.2) is 15.5 Å². The third-order valence-corrected chi connectivity index (χ3v) is 3.56. The molecule has 1 amide bonds. The van der Waals surface area contributed by atoms with Crippen LogP contribution >= 0.6 is 0 Å². The molecule has 0 radical (unpaired) electrons. The van der Waals surface area contributed by atoms with Crippen LogP contribution in [-0.2, 0) is 0 Å². The van der Waals surface area contributed by atoms with Gasteiger partial charge in [-0.1, -0.05) is 6.92 Å². The lowest BCUT2D eigenvalue weighted by Crippen LogP contribution is -2.30. The average Bonchev–Trinajstić information content (AvgIpc) is 2.86. The van der Waals surface area contributed by atoms with Gasteiger partial charge in [0, 0.05) is 11.9 Å². The Hall–Kier alpha value is -2.24. The first-order valence-electron chi connectivity index (χ1n) is 7.13. The molecule has 0 fully saturated rings. The topological polar surface area (TPSA) is 46.9 Å². The van der Waals surface area contributed by atoms with Gasteiger partial charge in [-0.3, -0.25) is 14.3 Å². The Balaban J connectivity index is 2.23. The molecule has 0 saturated heterocycles. The molecule has 118 valence electrons. The minimum atomic E-state index is -2.74. The molecule has 2 aromatic rings. The molecule has 2 heterocycles. The van der Waals surface area contributed by atoms with E-state index in [-0.39, 0.29) is 11.7 Å². The molecular weight excluding hydrogens is 288 g/mol. The van der Waals surface area contributed by atoms with E-state index < -0.39 is 12.5 Å². The summed E-state index contributed by atoms with van der Waals surface area (Å²) in [6.45, 7) is 2.65. The summed E-state index contributed by atoms with van der Waals surface area (Å²) in [6, 6.07) is 6.35. The first-order valence-corrected chi connectivity index (χ1v) is 7.13. The Morgan fingerprint density at radius 3 is 2.64 bits per heavy atom. The molecule has 1 N–H and O–H groups in total. The van der Waals surface area contributed by atoms with E-state index in [1.807, 2.05) is 26.0 Å². The van der Waals surface area contributed by atoms with Gasteiger partial charge in [-0.15, -0.1) is 0 Å². The van der Waals surface area contributed by atoms with Crippen LogP contribution in [0.15, 0.2) is 30.5 Å². The highest BCUT2D eigenvalue weighted by Gasteiger charge is 2.22. The number of pyridine rings is 1. The molecule has 0 saturated carbocycles. The van der Waals surface area contributed by atoms with Crippen LogP contribution in [0, 0.1) is 13.8 Å². The molecule has 2 rings (SSSR count). The van der Waals surface area contributed by atoms with Gasteiger partial charge in [0.25, 0.3) is 5.91 Å². The molecule has 0 aliphatic heterocycles. The van der Waals surface area contributed by atoms with E-state index in [0.29, 0.717) is 12.1 Å². The zero-order valence-corrected chi connectivity index (χ0v) is 12.8. The number of hydrogen-bond acceptors (Lipinski definition) is 2. The second-order valence-electron chi connectivity index (χ2n) is 5.20. The quantitative estimate of drug-likeness (QED) is 0.914. The Kier molecular flexibility index (Phi) is 4.90. The Morgan fingerprint density at radius 2 is 2.05 bits per heavy atom. The van der Waals surface area contributed by atoms with Crippen LogP contribution in [0.2, 0.25) is 0 Å². The highest BCUT2D eigenvalue weighted by molar-refractivity contribution is 5.93. The summed E-state index contributed by atoms with van der Waals surface area (Å²) in [4.78, 5) is 16.6. The minimum absolute atomic E-state index is 0.0430. The van der Waals surface area contributed by atoms with Gasteiger partial charge >= 0.3 is 6.55 Å². The second-order valence-corrected chi connectivity index (χ2v) is 5.20. The van der Waals surface area contributed by atoms with Gasteiger partial charge in [0.2, 0.25) is 0 Å². The summed E-state index contributed by atoms with van der Waals surface area (Å²) in [5.41, 5.74) is 2.06. The molecule has 22 heavy (non-hydrogen) atoms. The van der Waals surface area contributed by atoms with Crippen molar-refractivity contribution in [3.8, 4) is 0 Å². The molecule has 0 aliphatic carbocycles. The highest BCUT2D eigenvalue weighted by atomic mass is 19.3. The average molecular weight is 307 g/mol. The molecule has 1 atom stereocenters. The normalized spacial score (nSPS) is 12.5. The van der Waals surface area contributed by atoms with Crippen LogP contribution in [0.5, 0.6) is 0 Å². The lowest BCUT2D eigenvalue weighted by atomic mass is 10.1. The number of amides is 1. The van der Waals surface area contributed by atoms with Gasteiger partial charge in [0.1, 0.15) is 5.69 Å². The summed E-state index contributed by atoms with van der Waals surface area (Å²) in [5, 5.41) is 2.78. The molecule has 2 aromatic heterocycles. The molecule has 6 heteroatoms. The number of carbonyl (C=O) groups excluding carboxylic acids is 1. The first-order chi connectivity index (χ1) is 10.4. The van der Waals surface area contributed by atoms with Crippen LogP contribution in [0.4, 0.5) is 8.78 Å². The third-order valence-electron chi connectivity index (χ3n) is 3.56. The molecule has 1 unspecified atom stereocenters. The van der Waals surface area contributed by atoms with Crippen molar-refractivity contribution in [1.82, 2.24) is 14.9 Å². The van der Waals surface area contributed by atoms with E-state index in [1.54, 1.807) is 13.1 Å². The zero-order valence-electron chi connectivity index (χ0n) is 12.8. The summed E-state index contributed by atoms with van der Waals surface area (Å²) < 4.78 is 26.8. The van der Waals surface area contributed by atoms with E-state index in [4.69, 9.17) is 0 Å². The third kappa shape index (κ3) is 3.32. The van der Waals surface area contributed by atoms with Gasteiger partial charge in [0.05, 0.1) is 11.7 Å². The van der Waals surface area contributed by atoms with Crippen LogP contribution in [0.25, 0.3) is 0 Å². The van der Waals surface area contributed by atoms with Gasteiger partial charge in [0.15, 0.2) is 0 Å². The molecule has 4 nitrogen and oxygen atoms in total. The monoisotopic (exact) mass is 307 g/mol. The zero-order chi connectivity index (χ0) is 16.3. The van der Waals surface area contributed by atoms with E-state index in [0.717, 1.165) is 15.8 Å². The van der Waals surface area contributed by atoms with Crippen molar-refractivity contribution in [3.05, 3.63) is 53.1 Å². The van der Waals surface area contributed by atoms with Crippen molar-refractivity contribution in [1.29, 1.82) is 0 Å². The van der Waals surface area contributed by atoms with Crippen molar-refractivity contribution >= 4 is 5.91 Å². The maximum atomic E-state index is 13.0. The molecular formula is C16H19F2N3O. The maximum Gasteiger partial charge on any atom is 0.319 e. The van der Waals surface area contributed by atoms with Crippen molar-refractivity contribution in [2.45, 2.75) is 39.8 Å². The van der Waals surface area contributed by atoms with Crippen LogP contribution in [0.1, 0.15) is 53.4 Å². The summed E-state index contributed by atoms with van der Waals surface area (Å²) in [7, 11) is 0. The van der Waals surface area contributed by atoms with Crippen LogP contribution < -0.4 is 5.32 Å². The smallest absolute Gasteiger partial charge is 0.319 e. The standard InChI is InChI=1S/C16H19F2N3O/c1-4-12(13-9-10(2)7-8-19-13)20-15(22)14-6-5-11(3)21(14)16(17)18/h5-9,12,16H,4H2,1-3H3,(H,20,22). The minimum Gasteiger partial charge on any atom is -0.342 e. The fourth-order valence-electron chi connectivity index (χ4n) is 2.36. The largest absolute Gasteiger partial charge is 0.342 e. The Labute approximate surface area is 128 Å². The van der Waals surface area contributed by atoms with E-state index in [1.165, 1.54) is 12.1 Å². The number of rotatable bonds is 5.